The summed E-state index contributed by atoms with van der Waals surface area (Å²) in [6, 6.07) is 0. The highest BCUT2D eigenvalue weighted by Crippen LogP contribution is 1.72. The number of nitrogens with one attached hydrogen (secondary N) is 1. The molecule has 3 nitrogen and oxygen atoms in total. The maximum Gasteiger partial charge on any atom is 0.0723 e. The Morgan fingerprint density at radius 2 is 2.14 bits per heavy atom. The van der Waals surface area contributed by atoms with Crippen molar-refractivity contribution >= 4 is 0 Å². The zero-order valence-corrected chi connectivity index (χ0v) is 4.81. The van der Waals surface area contributed by atoms with Gasteiger partial charge in [-0.2, -0.15) is 5.11 Å². The molecule has 0 atom stereocenters. The topological polar surface area (TPSA) is 39.5 Å². The molecule has 0 unspecified atom stereocenters. The molecule has 0 heterocycles. The van der Waals surface area contributed by atoms with E-state index in [1.54, 1.807) is 0 Å². The van der Waals surface area contributed by atoms with Gasteiger partial charge in [0.05, 0.1) is 6.54 Å². The largest absolute Gasteiger partial charge is 0.307 e. The summed E-state index contributed by atoms with van der Waals surface area (Å²) < 4.78 is 0. The molecule has 0 aliphatic rings. The lowest BCUT2D eigenvalue weighted by molar-refractivity contribution is 0.416. The first kappa shape index (κ1) is 6.56. The zero-order valence-electron chi connectivity index (χ0n) is 4.81. The SMILES string of the molecule is CN(C)CCN=N. The van der Waals surface area contributed by atoms with Crippen LogP contribution in [0.4, 0.5) is 0 Å². The molecular weight excluding hydrogens is 90.1 g/mol. The van der Waals surface area contributed by atoms with Gasteiger partial charge in [-0.25, -0.2) is 5.53 Å². The second-order valence-electron chi connectivity index (χ2n) is 1.68. The van der Waals surface area contributed by atoms with E-state index in [1.165, 1.54) is 0 Å². The third-order valence-electron chi connectivity index (χ3n) is 0.659. The van der Waals surface area contributed by atoms with Gasteiger partial charge in [0.2, 0.25) is 0 Å². The first-order valence-corrected chi connectivity index (χ1v) is 2.25. The Kier molecular flexibility index (Phi) is 3.50. The minimum Gasteiger partial charge on any atom is -0.307 e. The predicted octanol–water partition coefficient (Wildman–Crippen LogP) is 0.579. The zero-order chi connectivity index (χ0) is 5.70. The first-order valence-electron chi connectivity index (χ1n) is 2.25. The molecule has 0 aromatic rings. The Balaban J connectivity index is 2.81. The summed E-state index contributed by atoms with van der Waals surface area (Å²) in [7, 11) is 3.93. The van der Waals surface area contributed by atoms with E-state index in [-0.39, 0.29) is 0 Å². The van der Waals surface area contributed by atoms with Crippen LogP contribution in [0.2, 0.25) is 0 Å². The molecule has 3 heteroatoms. The van der Waals surface area contributed by atoms with Crippen molar-refractivity contribution in [1.29, 1.82) is 5.53 Å². The van der Waals surface area contributed by atoms with Crippen LogP contribution in [0.15, 0.2) is 5.11 Å². The van der Waals surface area contributed by atoms with Crippen molar-refractivity contribution in [3.8, 4) is 0 Å². The fourth-order valence-electron chi connectivity index (χ4n) is 0.250. The van der Waals surface area contributed by atoms with E-state index in [0.29, 0.717) is 6.54 Å². The molecule has 0 aliphatic heterocycles. The maximum atomic E-state index is 6.39. The summed E-state index contributed by atoms with van der Waals surface area (Å²) in [5, 5.41) is 3.18. The maximum absolute atomic E-state index is 6.39. The number of likely N-dealkylation sites (N-methyl/N-ethyl adjacent to an activating group) is 1. The van der Waals surface area contributed by atoms with Gasteiger partial charge in [0.25, 0.3) is 0 Å². The highest BCUT2D eigenvalue weighted by molar-refractivity contribution is 4.41. The van der Waals surface area contributed by atoms with Gasteiger partial charge in [-0.15, -0.1) is 0 Å². The number of hydrogen-bond donors (Lipinski definition) is 1. The Bertz CT molecular complexity index is 50.9. The average Bonchev–Trinajstić information content (AvgIpc) is 1.61. The number of nitrogens with zero attached hydrogens (tertiary/aromatic N) is 2. The smallest absolute Gasteiger partial charge is 0.0723 e. The summed E-state index contributed by atoms with van der Waals surface area (Å²) in [5.74, 6) is 0. The van der Waals surface area contributed by atoms with E-state index >= 15 is 0 Å². The van der Waals surface area contributed by atoms with Gasteiger partial charge in [0, 0.05) is 6.54 Å². The van der Waals surface area contributed by atoms with Crippen LogP contribution in [0.25, 0.3) is 0 Å². The highest BCUT2D eigenvalue weighted by Gasteiger charge is 1.83. The van der Waals surface area contributed by atoms with Crippen LogP contribution in [0.1, 0.15) is 0 Å². The van der Waals surface area contributed by atoms with Gasteiger partial charge in [0.1, 0.15) is 0 Å². The normalized spacial score (nSPS) is 9.57. The summed E-state index contributed by atoms with van der Waals surface area (Å²) in [4.78, 5) is 2.00. The van der Waals surface area contributed by atoms with Crippen LogP contribution in [0.5, 0.6) is 0 Å². The van der Waals surface area contributed by atoms with Gasteiger partial charge in [-0.05, 0) is 14.1 Å². The lowest BCUT2D eigenvalue weighted by Gasteiger charge is -2.03. The van der Waals surface area contributed by atoms with E-state index < -0.39 is 0 Å². The third-order valence-corrected chi connectivity index (χ3v) is 0.659. The van der Waals surface area contributed by atoms with Gasteiger partial charge in [0.15, 0.2) is 0 Å². The van der Waals surface area contributed by atoms with Gasteiger partial charge in [-0.3, -0.25) is 0 Å². The molecule has 0 radical (unpaired) electrons. The van der Waals surface area contributed by atoms with Crippen LogP contribution in [0.3, 0.4) is 0 Å². The summed E-state index contributed by atoms with van der Waals surface area (Å²) in [5.41, 5.74) is 6.39. The van der Waals surface area contributed by atoms with Crippen molar-refractivity contribution in [3.63, 3.8) is 0 Å². The molecular formula is C4H11N3. The standard InChI is InChI=1S/C4H11N3/c1-7(2)4-3-6-5/h5H,3-4H2,1-2H3. The molecule has 0 aromatic carbocycles. The average molecular weight is 101 g/mol. The highest BCUT2D eigenvalue weighted by atomic mass is 15.1. The Morgan fingerprint density at radius 1 is 1.57 bits per heavy atom. The molecule has 0 bridgehead atoms. The van der Waals surface area contributed by atoms with Crippen molar-refractivity contribution in [3.05, 3.63) is 0 Å². The molecule has 1 N–H and O–H groups in total. The second kappa shape index (κ2) is 3.74. The van der Waals surface area contributed by atoms with E-state index in [2.05, 4.69) is 5.11 Å². The molecule has 0 aromatic heterocycles. The van der Waals surface area contributed by atoms with Crippen molar-refractivity contribution in [2.75, 3.05) is 27.2 Å². The Morgan fingerprint density at radius 3 is 2.29 bits per heavy atom. The van der Waals surface area contributed by atoms with Crippen molar-refractivity contribution < 1.29 is 0 Å². The molecule has 0 amide bonds. The lowest BCUT2D eigenvalue weighted by atomic mass is 10.6. The van der Waals surface area contributed by atoms with Crippen molar-refractivity contribution in [2.24, 2.45) is 5.11 Å². The summed E-state index contributed by atoms with van der Waals surface area (Å²) in [6.45, 7) is 1.50. The van der Waals surface area contributed by atoms with E-state index in [1.807, 2.05) is 19.0 Å². The third kappa shape index (κ3) is 5.56. The van der Waals surface area contributed by atoms with Crippen LogP contribution in [-0.4, -0.2) is 32.1 Å². The van der Waals surface area contributed by atoms with Gasteiger partial charge >= 0.3 is 0 Å². The predicted molar refractivity (Wildman–Crippen MR) is 28.6 cm³/mol. The van der Waals surface area contributed by atoms with E-state index in [4.69, 9.17) is 5.53 Å². The van der Waals surface area contributed by atoms with Crippen LogP contribution >= 0.6 is 0 Å². The minimum absolute atomic E-state index is 0.618. The molecule has 0 rings (SSSR count). The number of hydrogen-bond acceptors (Lipinski definition) is 3. The first-order chi connectivity index (χ1) is 3.27. The second-order valence-corrected chi connectivity index (χ2v) is 1.68. The Labute approximate surface area is 43.8 Å². The van der Waals surface area contributed by atoms with Gasteiger partial charge in [-0.1, -0.05) is 0 Å². The quantitative estimate of drug-likeness (QED) is 0.519. The lowest BCUT2D eigenvalue weighted by Crippen LogP contribution is -2.14. The molecule has 0 spiro atoms. The molecule has 0 saturated heterocycles. The van der Waals surface area contributed by atoms with Crippen LogP contribution < -0.4 is 0 Å². The number of rotatable bonds is 3. The van der Waals surface area contributed by atoms with Crippen LogP contribution in [0, 0.1) is 5.53 Å². The molecule has 42 valence electrons. The molecule has 0 saturated carbocycles. The van der Waals surface area contributed by atoms with Crippen LogP contribution in [-0.2, 0) is 0 Å². The molecule has 0 aliphatic carbocycles. The molecule has 7 heavy (non-hydrogen) atoms. The Hall–Kier alpha value is -0.440. The fraction of sp³-hybridized carbons (Fsp3) is 1.00. The summed E-state index contributed by atoms with van der Waals surface area (Å²) >= 11 is 0. The van der Waals surface area contributed by atoms with Crippen molar-refractivity contribution in [2.45, 2.75) is 0 Å². The van der Waals surface area contributed by atoms with Gasteiger partial charge < -0.3 is 4.90 Å². The fourth-order valence-corrected chi connectivity index (χ4v) is 0.250. The monoisotopic (exact) mass is 101 g/mol. The molecule has 0 fully saturated rings. The minimum atomic E-state index is 0.618. The van der Waals surface area contributed by atoms with E-state index in [9.17, 15) is 0 Å². The van der Waals surface area contributed by atoms with Crippen molar-refractivity contribution in [1.82, 2.24) is 4.90 Å². The summed E-state index contributed by atoms with van der Waals surface area (Å²) in [6.07, 6.45) is 0. The van der Waals surface area contributed by atoms with E-state index in [0.717, 1.165) is 6.54 Å².